The molecule has 2 atom stereocenters. The van der Waals surface area contributed by atoms with Crippen LogP contribution in [0.5, 0.6) is 11.5 Å². The van der Waals surface area contributed by atoms with Gasteiger partial charge in [0, 0.05) is 0 Å². The van der Waals surface area contributed by atoms with Gasteiger partial charge < -0.3 is 18.9 Å². The van der Waals surface area contributed by atoms with E-state index >= 15 is 0 Å². The van der Waals surface area contributed by atoms with Crippen LogP contribution in [0.4, 0.5) is 0 Å². The summed E-state index contributed by atoms with van der Waals surface area (Å²) in [4.78, 5) is 0. The summed E-state index contributed by atoms with van der Waals surface area (Å²) >= 11 is 0. The summed E-state index contributed by atoms with van der Waals surface area (Å²) in [6.07, 6.45) is 4.28. The van der Waals surface area contributed by atoms with Crippen LogP contribution in [0, 0.1) is 11.8 Å². The van der Waals surface area contributed by atoms with Gasteiger partial charge in [0.25, 0.3) is 0 Å². The summed E-state index contributed by atoms with van der Waals surface area (Å²) in [6.45, 7) is 5.44. The van der Waals surface area contributed by atoms with Crippen LogP contribution >= 0.6 is 0 Å². The zero-order valence-electron chi connectivity index (χ0n) is 17.0. The van der Waals surface area contributed by atoms with Gasteiger partial charge in [-0.05, 0) is 75.6 Å². The third-order valence-corrected chi connectivity index (χ3v) is 5.19. The standard InChI is InChI=1S/C24H32O4/c1-19(27-23-9-5-3-6-10-23)25-17-21-13-15-22(16-14-21)18-26-20(2)28-24-11-7-4-8-12-24/h3-12,19-22H,13-18H2,1-2H3. The number of para-hydroxylation sites is 2. The molecule has 2 unspecified atom stereocenters. The van der Waals surface area contributed by atoms with Crippen molar-refractivity contribution in [3.63, 3.8) is 0 Å². The van der Waals surface area contributed by atoms with Crippen LogP contribution in [-0.2, 0) is 9.47 Å². The molecular weight excluding hydrogens is 352 g/mol. The van der Waals surface area contributed by atoms with Gasteiger partial charge in [0.1, 0.15) is 11.5 Å². The van der Waals surface area contributed by atoms with E-state index in [0.29, 0.717) is 11.8 Å². The lowest BCUT2D eigenvalue weighted by molar-refractivity contribution is -0.0946. The maximum absolute atomic E-state index is 5.91. The van der Waals surface area contributed by atoms with E-state index in [4.69, 9.17) is 18.9 Å². The minimum atomic E-state index is -0.223. The average molecular weight is 385 g/mol. The van der Waals surface area contributed by atoms with Crippen molar-refractivity contribution in [2.45, 2.75) is 52.1 Å². The summed E-state index contributed by atoms with van der Waals surface area (Å²) in [5, 5.41) is 0. The van der Waals surface area contributed by atoms with Crippen LogP contribution < -0.4 is 9.47 Å². The van der Waals surface area contributed by atoms with Crippen LogP contribution in [0.25, 0.3) is 0 Å². The number of hydrogen-bond donors (Lipinski definition) is 0. The third-order valence-electron chi connectivity index (χ3n) is 5.19. The first-order chi connectivity index (χ1) is 13.7. The molecule has 152 valence electrons. The Balaban J connectivity index is 1.28. The highest BCUT2D eigenvalue weighted by Gasteiger charge is 2.23. The Kier molecular flexibility index (Phi) is 8.19. The van der Waals surface area contributed by atoms with Crippen LogP contribution in [0.15, 0.2) is 60.7 Å². The first kappa shape index (κ1) is 20.7. The normalized spacial score (nSPS) is 21.6. The van der Waals surface area contributed by atoms with Crippen molar-refractivity contribution < 1.29 is 18.9 Å². The van der Waals surface area contributed by atoms with Gasteiger partial charge in [0.15, 0.2) is 12.6 Å². The van der Waals surface area contributed by atoms with Gasteiger partial charge >= 0.3 is 0 Å². The molecule has 3 rings (SSSR count). The number of ether oxygens (including phenoxy) is 4. The molecule has 1 saturated carbocycles. The van der Waals surface area contributed by atoms with E-state index < -0.39 is 0 Å². The lowest BCUT2D eigenvalue weighted by atomic mass is 9.83. The molecule has 4 heteroatoms. The van der Waals surface area contributed by atoms with E-state index in [9.17, 15) is 0 Å². The molecule has 0 heterocycles. The van der Waals surface area contributed by atoms with Gasteiger partial charge in [-0.25, -0.2) is 0 Å². The van der Waals surface area contributed by atoms with E-state index in [1.165, 1.54) is 25.7 Å². The highest BCUT2D eigenvalue weighted by atomic mass is 16.7. The summed E-state index contributed by atoms with van der Waals surface area (Å²) in [5.74, 6) is 2.91. The summed E-state index contributed by atoms with van der Waals surface area (Å²) in [6, 6.07) is 19.6. The van der Waals surface area contributed by atoms with Gasteiger partial charge in [0.05, 0.1) is 13.2 Å². The van der Waals surface area contributed by atoms with Crippen molar-refractivity contribution in [2.75, 3.05) is 13.2 Å². The Labute approximate surface area is 168 Å². The minimum Gasteiger partial charge on any atom is -0.465 e. The molecule has 0 aromatic heterocycles. The maximum atomic E-state index is 5.91. The van der Waals surface area contributed by atoms with Crippen LogP contribution in [0.3, 0.4) is 0 Å². The highest BCUT2D eigenvalue weighted by molar-refractivity contribution is 5.21. The van der Waals surface area contributed by atoms with E-state index in [-0.39, 0.29) is 12.6 Å². The lowest BCUT2D eigenvalue weighted by Gasteiger charge is -2.29. The first-order valence-electron chi connectivity index (χ1n) is 10.4. The molecule has 1 aliphatic rings. The summed E-state index contributed by atoms with van der Waals surface area (Å²) < 4.78 is 23.4. The lowest BCUT2D eigenvalue weighted by Crippen LogP contribution is -2.27. The second kappa shape index (κ2) is 11.1. The SMILES string of the molecule is CC(OCC1CCC(COC(C)Oc2ccccc2)CC1)Oc1ccccc1. The van der Waals surface area contributed by atoms with Gasteiger partial charge in [-0.15, -0.1) is 0 Å². The van der Waals surface area contributed by atoms with Crippen molar-refractivity contribution in [3.8, 4) is 11.5 Å². The molecule has 0 aliphatic heterocycles. The number of benzene rings is 2. The molecule has 2 aromatic carbocycles. The monoisotopic (exact) mass is 384 g/mol. The Bertz CT molecular complexity index is 593. The summed E-state index contributed by atoms with van der Waals surface area (Å²) in [5.41, 5.74) is 0. The smallest absolute Gasteiger partial charge is 0.196 e. The molecule has 0 amide bonds. The predicted octanol–water partition coefficient (Wildman–Crippen LogP) is 5.68. The quantitative estimate of drug-likeness (QED) is 0.494. The van der Waals surface area contributed by atoms with Crippen molar-refractivity contribution in [1.29, 1.82) is 0 Å². The number of hydrogen-bond acceptors (Lipinski definition) is 4. The highest BCUT2D eigenvalue weighted by Crippen LogP contribution is 2.30. The molecule has 28 heavy (non-hydrogen) atoms. The van der Waals surface area contributed by atoms with E-state index in [1.807, 2.05) is 74.5 Å². The first-order valence-corrected chi connectivity index (χ1v) is 10.4. The molecule has 0 radical (unpaired) electrons. The molecule has 0 bridgehead atoms. The maximum Gasteiger partial charge on any atom is 0.196 e. The van der Waals surface area contributed by atoms with E-state index in [0.717, 1.165) is 24.7 Å². The molecule has 1 aliphatic carbocycles. The van der Waals surface area contributed by atoms with Gasteiger partial charge in [-0.3, -0.25) is 0 Å². The molecular formula is C24H32O4. The largest absolute Gasteiger partial charge is 0.465 e. The molecule has 1 fully saturated rings. The molecule has 2 aromatic rings. The van der Waals surface area contributed by atoms with Gasteiger partial charge in [-0.2, -0.15) is 0 Å². The Morgan fingerprint density at radius 3 is 1.36 bits per heavy atom. The molecule has 4 nitrogen and oxygen atoms in total. The molecule has 0 N–H and O–H groups in total. The third kappa shape index (κ3) is 7.17. The van der Waals surface area contributed by atoms with Crippen LogP contribution in [0.1, 0.15) is 39.5 Å². The number of rotatable bonds is 10. The van der Waals surface area contributed by atoms with Crippen LogP contribution in [-0.4, -0.2) is 25.8 Å². The van der Waals surface area contributed by atoms with Crippen LogP contribution in [0.2, 0.25) is 0 Å². The fourth-order valence-electron chi connectivity index (χ4n) is 3.56. The second-order valence-corrected chi connectivity index (χ2v) is 7.55. The van der Waals surface area contributed by atoms with E-state index in [1.54, 1.807) is 0 Å². The summed E-state index contributed by atoms with van der Waals surface area (Å²) in [7, 11) is 0. The minimum absolute atomic E-state index is 0.223. The van der Waals surface area contributed by atoms with Crippen molar-refractivity contribution >= 4 is 0 Å². The van der Waals surface area contributed by atoms with Crippen molar-refractivity contribution in [3.05, 3.63) is 60.7 Å². The predicted molar refractivity (Wildman–Crippen MR) is 110 cm³/mol. The Morgan fingerprint density at radius 1 is 0.643 bits per heavy atom. The zero-order chi connectivity index (χ0) is 19.6. The fraction of sp³-hybridized carbons (Fsp3) is 0.500. The van der Waals surface area contributed by atoms with Crippen molar-refractivity contribution in [2.24, 2.45) is 11.8 Å². The zero-order valence-corrected chi connectivity index (χ0v) is 17.0. The van der Waals surface area contributed by atoms with Gasteiger partial charge in [0.2, 0.25) is 0 Å². The Hall–Kier alpha value is -2.04. The molecule has 0 spiro atoms. The molecule has 0 saturated heterocycles. The topological polar surface area (TPSA) is 36.9 Å². The second-order valence-electron chi connectivity index (χ2n) is 7.55. The Morgan fingerprint density at radius 2 is 1.00 bits per heavy atom. The fourth-order valence-corrected chi connectivity index (χ4v) is 3.56. The van der Waals surface area contributed by atoms with E-state index in [2.05, 4.69) is 0 Å². The average Bonchev–Trinajstić information content (AvgIpc) is 2.73. The van der Waals surface area contributed by atoms with Gasteiger partial charge in [-0.1, -0.05) is 36.4 Å². The van der Waals surface area contributed by atoms with Crippen molar-refractivity contribution in [1.82, 2.24) is 0 Å².